The predicted octanol–water partition coefficient (Wildman–Crippen LogP) is 4.22. The van der Waals surface area contributed by atoms with Gasteiger partial charge >= 0.3 is 11.6 Å². The quantitative estimate of drug-likeness (QED) is 0.476. The molecule has 6 heteroatoms. The molecular formula is C25H27NO5. The highest BCUT2D eigenvalue weighted by Crippen LogP contribution is 2.22. The molecule has 1 heterocycles. The molecule has 6 nitrogen and oxygen atoms in total. The summed E-state index contributed by atoms with van der Waals surface area (Å²) in [7, 11) is 0. The van der Waals surface area contributed by atoms with E-state index in [2.05, 4.69) is 5.32 Å². The molecule has 0 spiro atoms. The first-order chi connectivity index (χ1) is 14.7. The number of carbonyl (C=O) groups excluding carboxylic acids is 2. The van der Waals surface area contributed by atoms with Crippen molar-refractivity contribution in [1.82, 2.24) is 5.32 Å². The Morgan fingerprint density at radius 2 is 1.68 bits per heavy atom. The third kappa shape index (κ3) is 5.02. The van der Waals surface area contributed by atoms with Gasteiger partial charge in [0.1, 0.15) is 18.2 Å². The topological polar surface area (TPSA) is 85.6 Å². The zero-order valence-electron chi connectivity index (χ0n) is 18.4. The molecule has 31 heavy (non-hydrogen) atoms. The molecule has 2 aromatic carbocycles. The minimum absolute atomic E-state index is 0.0904. The zero-order valence-corrected chi connectivity index (χ0v) is 18.4. The van der Waals surface area contributed by atoms with E-state index in [1.165, 1.54) is 6.07 Å². The van der Waals surface area contributed by atoms with Crippen LogP contribution in [-0.2, 0) is 16.1 Å². The van der Waals surface area contributed by atoms with Crippen molar-refractivity contribution in [3.05, 3.63) is 80.7 Å². The molecule has 0 aliphatic rings. The highest BCUT2D eigenvalue weighted by molar-refractivity contribution is 5.98. The van der Waals surface area contributed by atoms with Crippen molar-refractivity contribution >= 4 is 22.8 Å². The second-order valence-electron chi connectivity index (χ2n) is 8.14. The van der Waals surface area contributed by atoms with Gasteiger partial charge in [0.05, 0.1) is 0 Å². The van der Waals surface area contributed by atoms with Crippen molar-refractivity contribution in [2.45, 2.75) is 47.3 Å². The van der Waals surface area contributed by atoms with E-state index in [-0.39, 0.29) is 18.4 Å². The number of benzene rings is 2. The monoisotopic (exact) mass is 421 g/mol. The molecule has 0 radical (unpaired) electrons. The van der Waals surface area contributed by atoms with E-state index in [9.17, 15) is 14.4 Å². The fourth-order valence-electron chi connectivity index (χ4n) is 3.39. The molecule has 0 saturated carbocycles. The standard InChI is InChI=1S/C25H27NO5/c1-14(2)23(26-24(28)19-9-7-6-8-15(19)3)25(29)30-13-18-12-22(27)31-21-11-17(5)16(4)10-20(18)21/h6-12,14,23H,13H2,1-5H3,(H,26,28)/t23-/m0/s1. The van der Waals surface area contributed by atoms with Gasteiger partial charge in [0.25, 0.3) is 5.91 Å². The van der Waals surface area contributed by atoms with Crippen LogP contribution in [0.5, 0.6) is 0 Å². The number of ether oxygens (including phenoxy) is 1. The number of aryl methyl sites for hydroxylation is 3. The maximum atomic E-state index is 12.8. The van der Waals surface area contributed by atoms with Gasteiger partial charge in [0.2, 0.25) is 0 Å². The number of esters is 1. The van der Waals surface area contributed by atoms with Crippen LogP contribution in [0.2, 0.25) is 0 Å². The SMILES string of the molecule is Cc1cc2oc(=O)cc(COC(=O)[C@@H](NC(=O)c3ccccc3C)C(C)C)c2cc1C. The largest absolute Gasteiger partial charge is 0.459 e. The molecule has 1 amide bonds. The summed E-state index contributed by atoms with van der Waals surface area (Å²) in [6.45, 7) is 9.32. The van der Waals surface area contributed by atoms with Crippen LogP contribution in [0.25, 0.3) is 11.0 Å². The fraction of sp³-hybridized carbons (Fsp3) is 0.320. The van der Waals surface area contributed by atoms with Gasteiger partial charge in [-0.15, -0.1) is 0 Å². The molecular weight excluding hydrogens is 394 g/mol. The first-order valence-corrected chi connectivity index (χ1v) is 10.2. The van der Waals surface area contributed by atoms with Crippen LogP contribution in [0, 0.1) is 26.7 Å². The Morgan fingerprint density at radius 3 is 2.35 bits per heavy atom. The van der Waals surface area contributed by atoms with Gasteiger partial charge in [-0.25, -0.2) is 9.59 Å². The summed E-state index contributed by atoms with van der Waals surface area (Å²) >= 11 is 0. The lowest BCUT2D eigenvalue weighted by Gasteiger charge is -2.21. The Balaban J connectivity index is 1.79. The number of hydrogen-bond acceptors (Lipinski definition) is 5. The lowest BCUT2D eigenvalue weighted by atomic mass is 10.0. The summed E-state index contributed by atoms with van der Waals surface area (Å²) < 4.78 is 10.8. The number of amides is 1. The molecule has 0 bridgehead atoms. The first-order valence-electron chi connectivity index (χ1n) is 10.2. The zero-order chi connectivity index (χ0) is 22.7. The first kappa shape index (κ1) is 22.3. The Bertz CT molecular complexity index is 1190. The van der Waals surface area contributed by atoms with Gasteiger partial charge in [-0.05, 0) is 61.6 Å². The number of fused-ring (bicyclic) bond motifs is 1. The fourth-order valence-corrected chi connectivity index (χ4v) is 3.39. The number of rotatable bonds is 6. The van der Waals surface area contributed by atoms with Crippen molar-refractivity contribution in [1.29, 1.82) is 0 Å². The Morgan fingerprint density at radius 1 is 1.00 bits per heavy atom. The smallest absolute Gasteiger partial charge is 0.336 e. The molecule has 162 valence electrons. The highest BCUT2D eigenvalue weighted by atomic mass is 16.5. The molecule has 3 rings (SSSR count). The van der Waals surface area contributed by atoms with E-state index in [0.29, 0.717) is 16.7 Å². The number of carbonyl (C=O) groups is 2. The summed E-state index contributed by atoms with van der Waals surface area (Å²) in [6.07, 6.45) is 0. The average molecular weight is 421 g/mol. The molecule has 1 atom stereocenters. The van der Waals surface area contributed by atoms with Crippen LogP contribution in [0.3, 0.4) is 0 Å². The third-order valence-electron chi connectivity index (χ3n) is 5.41. The van der Waals surface area contributed by atoms with E-state index in [1.807, 2.05) is 52.8 Å². The van der Waals surface area contributed by atoms with E-state index in [0.717, 1.165) is 22.1 Å². The van der Waals surface area contributed by atoms with Crippen LogP contribution < -0.4 is 10.9 Å². The normalized spacial score (nSPS) is 12.1. The van der Waals surface area contributed by atoms with Crippen molar-refractivity contribution in [2.24, 2.45) is 5.92 Å². The molecule has 3 aromatic rings. The lowest BCUT2D eigenvalue weighted by molar-refractivity contribution is -0.148. The molecule has 0 unspecified atom stereocenters. The van der Waals surface area contributed by atoms with Crippen LogP contribution in [0.15, 0.2) is 51.7 Å². The summed E-state index contributed by atoms with van der Waals surface area (Å²) in [5.41, 5.74) is 3.89. The molecule has 1 N–H and O–H groups in total. The molecule has 0 saturated heterocycles. The molecule has 0 aliphatic carbocycles. The van der Waals surface area contributed by atoms with Crippen LogP contribution in [0.1, 0.15) is 46.5 Å². The maximum Gasteiger partial charge on any atom is 0.336 e. The second kappa shape index (κ2) is 9.16. The third-order valence-corrected chi connectivity index (χ3v) is 5.41. The summed E-state index contributed by atoms with van der Waals surface area (Å²) in [5.74, 6) is -1.06. The predicted molar refractivity (Wildman–Crippen MR) is 119 cm³/mol. The Hall–Kier alpha value is -3.41. The van der Waals surface area contributed by atoms with Gasteiger partial charge in [0.15, 0.2) is 0 Å². The van der Waals surface area contributed by atoms with Crippen LogP contribution in [0.4, 0.5) is 0 Å². The molecule has 0 aliphatic heterocycles. The lowest BCUT2D eigenvalue weighted by Crippen LogP contribution is -2.45. The number of nitrogens with one attached hydrogen (secondary N) is 1. The highest BCUT2D eigenvalue weighted by Gasteiger charge is 2.27. The van der Waals surface area contributed by atoms with Gasteiger partial charge in [-0.3, -0.25) is 4.79 Å². The van der Waals surface area contributed by atoms with Crippen molar-refractivity contribution < 1.29 is 18.7 Å². The summed E-state index contributed by atoms with van der Waals surface area (Å²) in [5, 5.41) is 3.50. The van der Waals surface area contributed by atoms with Crippen LogP contribution in [-0.4, -0.2) is 17.9 Å². The van der Waals surface area contributed by atoms with Crippen molar-refractivity contribution in [2.75, 3.05) is 0 Å². The maximum absolute atomic E-state index is 12.8. The Kier molecular flexibility index (Phi) is 6.59. The van der Waals surface area contributed by atoms with Gasteiger partial charge < -0.3 is 14.5 Å². The molecule has 1 aromatic heterocycles. The van der Waals surface area contributed by atoms with Gasteiger partial charge in [-0.1, -0.05) is 32.0 Å². The second-order valence-corrected chi connectivity index (χ2v) is 8.14. The minimum atomic E-state index is -0.817. The van der Waals surface area contributed by atoms with Gasteiger partial charge in [0, 0.05) is 22.6 Å². The Labute approximate surface area is 181 Å². The minimum Gasteiger partial charge on any atom is -0.459 e. The average Bonchev–Trinajstić information content (AvgIpc) is 2.71. The van der Waals surface area contributed by atoms with Crippen molar-refractivity contribution in [3.63, 3.8) is 0 Å². The van der Waals surface area contributed by atoms with E-state index < -0.39 is 17.6 Å². The van der Waals surface area contributed by atoms with E-state index in [4.69, 9.17) is 9.15 Å². The summed E-state index contributed by atoms with van der Waals surface area (Å²) in [4.78, 5) is 37.4. The van der Waals surface area contributed by atoms with Crippen molar-refractivity contribution in [3.8, 4) is 0 Å². The van der Waals surface area contributed by atoms with Crippen LogP contribution >= 0.6 is 0 Å². The summed E-state index contributed by atoms with van der Waals surface area (Å²) in [6, 6.07) is 11.4. The van der Waals surface area contributed by atoms with E-state index >= 15 is 0 Å². The molecule has 0 fully saturated rings. The number of hydrogen-bond donors (Lipinski definition) is 1. The van der Waals surface area contributed by atoms with E-state index in [1.54, 1.807) is 18.2 Å². The van der Waals surface area contributed by atoms with Gasteiger partial charge in [-0.2, -0.15) is 0 Å².